The van der Waals surface area contributed by atoms with Crippen molar-refractivity contribution in [3.05, 3.63) is 18.2 Å². The van der Waals surface area contributed by atoms with E-state index >= 15 is 0 Å². The number of anilines is 1. The second-order valence-electron chi connectivity index (χ2n) is 7.95. The van der Waals surface area contributed by atoms with Gasteiger partial charge in [-0.05, 0) is 30.4 Å². The number of nitrogens with one attached hydrogen (secondary N) is 1. The lowest BCUT2D eigenvalue weighted by atomic mass is 9.64. The van der Waals surface area contributed by atoms with E-state index in [1.165, 1.54) is 0 Å². The van der Waals surface area contributed by atoms with Crippen molar-refractivity contribution in [3.63, 3.8) is 0 Å². The molecule has 1 amide bonds. The van der Waals surface area contributed by atoms with Crippen LogP contribution in [0.2, 0.25) is 0 Å². The standard InChI is InChI=1S/C19H23NO4/c1-17(2)18(3)6-7-19(17,11-15(18)21)16(22)20-12-4-5-13-14(10-12)24-9-8-23-13/h4-5,10H,6-9,11H2,1-3H3,(H,20,22). The van der Waals surface area contributed by atoms with E-state index in [0.29, 0.717) is 36.8 Å². The van der Waals surface area contributed by atoms with E-state index in [9.17, 15) is 9.59 Å². The van der Waals surface area contributed by atoms with E-state index in [2.05, 4.69) is 19.2 Å². The maximum atomic E-state index is 13.1. The second-order valence-corrected chi connectivity index (χ2v) is 7.95. The minimum absolute atomic E-state index is 0.0567. The Bertz CT molecular complexity index is 741. The molecule has 5 nitrogen and oxygen atoms in total. The fourth-order valence-corrected chi connectivity index (χ4v) is 4.73. The Kier molecular flexibility index (Phi) is 3.06. The summed E-state index contributed by atoms with van der Waals surface area (Å²) in [4.78, 5) is 25.6. The largest absolute Gasteiger partial charge is 0.486 e. The molecule has 0 radical (unpaired) electrons. The molecule has 0 aromatic heterocycles. The Morgan fingerprint density at radius 3 is 2.42 bits per heavy atom. The van der Waals surface area contributed by atoms with Crippen LogP contribution >= 0.6 is 0 Å². The highest BCUT2D eigenvalue weighted by Gasteiger charge is 2.72. The summed E-state index contributed by atoms with van der Waals surface area (Å²) in [5.41, 5.74) is -0.666. The van der Waals surface area contributed by atoms with E-state index in [1.807, 2.05) is 19.1 Å². The van der Waals surface area contributed by atoms with E-state index < -0.39 is 10.8 Å². The van der Waals surface area contributed by atoms with Crippen LogP contribution in [0, 0.1) is 16.2 Å². The first kappa shape index (κ1) is 15.5. The minimum Gasteiger partial charge on any atom is -0.486 e. The third kappa shape index (κ3) is 1.75. The Labute approximate surface area is 141 Å². The number of amides is 1. The van der Waals surface area contributed by atoms with Crippen LogP contribution in [0.15, 0.2) is 18.2 Å². The molecule has 1 aromatic rings. The minimum atomic E-state index is -0.619. The maximum Gasteiger partial charge on any atom is 0.231 e. The van der Waals surface area contributed by atoms with E-state index in [1.54, 1.807) is 6.07 Å². The molecule has 1 heterocycles. The number of ketones is 1. The molecule has 24 heavy (non-hydrogen) atoms. The van der Waals surface area contributed by atoms with E-state index in [-0.39, 0.29) is 17.1 Å². The van der Waals surface area contributed by atoms with Crippen molar-refractivity contribution in [2.24, 2.45) is 16.2 Å². The SMILES string of the molecule is CC12CCC(C(=O)Nc3ccc4c(c3)OCCO4)(CC1=O)C2(C)C. The summed E-state index contributed by atoms with van der Waals surface area (Å²) in [6, 6.07) is 5.42. The number of hydrogen-bond acceptors (Lipinski definition) is 4. The van der Waals surface area contributed by atoms with Crippen molar-refractivity contribution in [1.29, 1.82) is 0 Å². The molecule has 2 unspecified atom stereocenters. The van der Waals surface area contributed by atoms with Crippen molar-refractivity contribution in [1.82, 2.24) is 0 Å². The van der Waals surface area contributed by atoms with Gasteiger partial charge in [0.15, 0.2) is 11.5 Å². The fraction of sp³-hybridized carbons (Fsp3) is 0.579. The molecule has 3 aliphatic rings. The molecule has 2 aliphatic carbocycles. The van der Waals surface area contributed by atoms with Crippen molar-refractivity contribution >= 4 is 17.4 Å². The molecule has 1 N–H and O–H groups in total. The highest BCUT2D eigenvalue weighted by molar-refractivity contribution is 6.04. The number of carbonyl (C=O) groups excluding carboxylic acids is 2. The Morgan fingerprint density at radius 1 is 1.08 bits per heavy atom. The molecule has 1 aromatic carbocycles. The summed E-state index contributed by atoms with van der Waals surface area (Å²) in [5, 5.41) is 3.02. The number of carbonyl (C=O) groups is 2. The summed E-state index contributed by atoms with van der Waals surface area (Å²) in [5.74, 6) is 1.51. The van der Waals surface area contributed by atoms with Gasteiger partial charge in [0.2, 0.25) is 5.91 Å². The van der Waals surface area contributed by atoms with Gasteiger partial charge in [0.1, 0.15) is 19.0 Å². The van der Waals surface area contributed by atoms with Crippen LogP contribution in [-0.4, -0.2) is 24.9 Å². The van der Waals surface area contributed by atoms with Crippen LogP contribution in [0.4, 0.5) is 5.69 Å². The van der Waals surface area contributed by atoms with E-state index in [4.69, 9.17) is 9.47 Å². The van der Waals surface area contributed by atoms with Gasteiger partial charge in [-0.3, -0.25) is 9.59 Å². The molecule has 128 valence electrons. The smallest absolute Gasteiger partial charge is 0.231 e. The van der Waals surface area contributed by atoms with Gasteiger partial charge in [0.25, 0.3) is 0 Å². The first-order valence-corrected chi connectivity index (χ1v) is 8.55. The van der Waals surface area contributed by atoms with Crippen LogP contribution in [-0.2, 0) is 9.59 Å². The Balaban J connectivity index is 1.62. The van der Waals surface area contributed by atoms with Gasteiger partial charge in [0, 0.05) is 23.6 Å². The lowest BCUT2D eigenvalue weighted by molar-refractivity contribution is -0.131. The Hall–Kier alpha value is -2.04. The maximum absolute atomic E-state index is 13.1. The first-order valence-electron chi connectivity index (χ1n) is 8.55. The van der Waals surface area contributed by atoms with Crippen LogP contribution in [0.3, 0.4) is 0 Å². The van der Waals surface area contributed by atoms with Gasteiger partial charge >= 0.3 is 0 Å². The molecule has 0 spiro atoms. The quantitative estimate of drug-likeness (QED) is 0.905. The van der Waals surface area contributed by atoms with Crippen molar-refractivity contribution < 1.29 is 19.1 Å². The number of fused-ring (bicyclic) bond motifs is 3. The van der Waals surface area contributed by atoms with Crippen molar-refractivity contribution in [3.8, 4) is 11.5 Å². The fourth-order valence-electron chi connectivity index (χ4n) is 4.73. The third-order valence-corrected chi connectivity index (χ3v) is 6.94. The molecular formula is C19H23NO4. The van der Waals surface area contributed by atoms with E-state index in [0.717, 1.165) is 12.8 Å². The van der Waals surface area contributed by atoms with Gasteiger partial charge in [-0.25, -0.2) is 0 Å². The predicted octanol–water partition coefficient (Wildman–Crippen LogP) is 3.18. The summed E-state index contributed by atoms with van der Waals surface area (Å²) in [6.45, 7) is 7.19. The predicted molar refractivity (Wildman–Crippen MR) is 89.2 cm³/mol. The lowest BCUT2D eigenvalue weighted by Gasteiger charge is -2.38. The van der Waals surface area contributed by atoms with Crippen molar-refractivity contribution in [2.75, 3.05) is 18.5 Å². The average Bonchev–Trinajstić information content (AvgIpc) is 2.85. The third-order valence-electron chi connectivity index (χ3n) is 6.94. The molecular weight excluding hydrogens is 306 g/mol. The lowest BCUT2D eigenvalue weighted by Crippen LogP contribution is -2.43. The first-order chi connectivity index (χ1) is 11.3. The van der Waals surface area contributed by atoms with Crippen LogP contribution in [0.1, 0.15) is 40.0 Å². The van der Waals surface area contributed by atoms with Crippen LogP contribution in [0.25, 0.3) is 0 Å². The number of hydrogen-bond donors (Lipinski definition) is 1. The van der Waals surface area contributed by atoms with Gasteiger partial charge < -0.3 is 14.8 Å². The number of benzene rings is 1. The number of rotatable bonds is 2. The van der Waals surface area contributed by atoms with Gasteiger partial charge in [-0.15, -0.1) is 0 Å². The average molecular weight is 329 g/mol. The molecule has 1 aliphatic heterocycles. The zero-order valence-corrected chi connectivity index (χ0v) is 14.4. The molecule has 2 saturated carbocycles. The Morgan fingerprint density at radius 2 is 1.79 bits per heavy atom. The zero-order valence-electron chi connectivity index (χ0n) is 14.4. The molecule has 2 fully saturated rings. The van der Waals surface area contributed by atoms with Crippen LogP contribution in [0.5, 0.6) is 11.5 Å². The van der Waals surface area contributed by atoms with Crippen LogP contribution < -0.4 is 14.8 Å². The highest BCUT2D eigenvalue weighted by atomic mass is 16.6. The summed E-state index contributed by atoms with van der Waals surface area (Å²) >= 11 is 0. The number of Topliss-reactive ketones (excluding diaryl/α,β-unsaturated/α-hetero) is 1. The molecule has 2 bridgehead atoms. The van der Waals surface area contributed by atoms with Gasteiger partial charge in [0.05, 0.1) is 5.41 Å². The second kappa shape index (κ2) is 4.74. The summed E-state index contributed by atoms with van der Waals surface area (Å²) in [7, 11) is 0. The monoisotopic (exact) mass is 329 g/mol. The molecule has 5 heteroatoms. The molecule has 4 rings (SSSR count). The summed E-state index contributed by atoms with van der Waals surface area (Å²) < 4.78 is 11.1. The topological polar surface area (TPSA) is 64.6 Å². The molecule has 0 saturated heterocycles. The highest BCUT2D eigenvalue weighted by Crippen LogP contribution is 2.70. The van der Waals surface area contributed by atoms with Gasteiger partial charge in [-0.2, -0.15) is 0 Å². The van der Waals surface area contributed by atoms with Gasteiger partial charge in [-0.1, -0.05) is 20.8 Å². The van der Waals surface area contributed by atoms with Crippen molar-refractivity contribution in [2.45, 2.75) is 40.0 Å². The number of ether oxygens (including phenoxy) is 2. The summed E-state index contributed by atoms with van der Waals surface area (Å²) in [6.07, 6.45) is 1.89. The zero-order chi connectivity index (χ0) is 17.2. The normalized spacial score (nSPS) is 32.7. The molecule has 2 atom stereocenters.